The number of carboxylic acids is 1. The Morgan fingerprint density at radius 2 is 1.88 bits per heavy atom. The Hall–Kier alpha value is -3.21. The zero-order chi connectivity index (χ0) is 18.0. The third-order valence-corrected chi connectivity index (χ3v) is 4.06. The van der Waals surface area contributed by atoms with E-state index in [1.807, 2.05) is 50.3 Å². The zero-order valence-corrected chi connectivity index (χ0v) is 14.1. The molecule has 0 bridgehead atoms. The van der Waals surface area contributed by atoms with Crippen molar-refractivity contribution in [3.8, 4) is 0 Å². The highest BCUT2D eigenvalue weighted by atomic mass is 16.4. The molecule has 0 spiro atoms. The first-order valence-electron chi connectivity index (χ1n) is 8.03. The van der Waals surface area contributed by atoms with Crippen LogP contribution in [-0.4, -0.2) is 20.5 Å². The highest BCUT2D eigenvalue weighted by Crippen LogP contribution is 2.12. The van der Waals surface area contributed by atoms with Gasteiger partial charge in [-0.25, -0.2) is 9.78 Å². The fourth-order valence-corrected chi connectivity index (χ4v) is 2.64. The standard InChI is InChI=1S/C20H18N2O3/c1-3-16-17(10-8-14-6-4-13(2)5-7-14)21-18-11-9-15(20(24)25)12-22(18)19(16)23/h4-12H,3H2,1-2H3,(H,24,25)/b10-8+. The molecule has 0 amide bonds. The molecule has 1 aromatic carbocycles. The zero-order valence-electron chi connectivity index (χ0n) is 14.1. The van der Waals surface area contributed by atoms with Gasteiger partial charge in [-0.15, -0.1) is 0 Å². The van der Waals surface area contributed by atoms with E-state index in [4.69, 9.17) is 5.11 Å². The summed E-state index contributed by atoms with van der Waals surface area (Å²) >= 11 is 0. The van der Waals surface area contributed by atoms with Crippen LogP contribution < -0.4 is 5.56 Å². The smallest absolute Gasteiger partial charge is 0.337 e. The summed E-state index contributed by atoms with van der Waals surface area (Å²) in [5.74, 6) is -1.07. The van der Waals surface area contributed by atoms with Gasteiger partial charge in [0.05, 0.1) is 11.3 Å². The van der Waals surface area contributed by atoms with Crippen LogP contribution in [-0.2, 0) is 6.42 Å². The minimum absolute atomic E-state index is 0.0569. The molecule has 126 valence electrons. The lowest BCUT2D eigenvalue weighted by Crippen LogP contribution is -2.22. The van der Waals surface area contributed by atoms with Gasteiger partial charge in [0.1, 0.15) is 5.65 Å². The Balaban J connectivity index is 2.12. The van der Waals surface area contributed by atoms with E-state index in [0.717, 1.165) is 5.56 Å². The van der Waals surface area contributed by atoms with E-state index in [9.17, 15) is 9.59 Å². The van der Waals surface area contributed by atoms with Gasteiger partial charge in [-0.05, 0) is 37.1 Å². The average Bonchev–Trinajstić information content (AvgIpc) is 2.61. The summed E-state index contributed by atoms with van der Waals surface area (Å²) in [6, 6.07) is 11.1. The molecule has 1 N–H and O–H groups in total. The van der Waals surface area contributed by atoms with Crippen LogP contribution in [0.25, 0.3) is 17.8 Å². The Kier molecular flexibility index (Phi) is 4.48. The molecule has 0 saturated carbocycles. The number of aryl methyl sites for hydroxylation is 1. The molecule has 2 aromatic heterocycles. The Labute approximate surface area is 144 Å². The fourth-order valence-electron chi connectivity index (χ4n) is 2.64. The third kappa shape index (κ3) is 3.35. The maximum absolute atomic E-state index is 12.7. The highest BCUT2D eigenvalue weighted by molar-refractivity contribution is 5.87. The first-order chi connectivity index (χ1) is 12.0. The van der Waals surface area contributed by atoms with Crippen LogP contribution in [0.15, 0.2) is 47.4 Å². The lowest BCUT2D eigenvalue weighted by Gasteiger charge is -2.07. The van der Waals surface area contributed by atoms with Crippen molar-refractivity contribution in [1.82, 2.24) is 9.38 Å². The number of nitrogens with zero attached hydrogens (tertiary/aromatic N) is 2. The molecular formula is C20H18N2O3. The van der Waals surface area contributed by atoms with Crippen molar-refractivity contribution in [3.05, 3.63) is 80.9 Å². The predicted molar refractivity (Wildman–Crippen MR) is 97.9 cm³/mol. The Morgan fingerprint density at radius 1 is 1.16 bits per heavy atom. The molecule has 0 radical (unpaired) electrons. The highest BCUT2D eigenvalue weighted by Gasteiger charge is 2.11. The van der Waals surface area contributed by atoms with E-state index < -0.39 is 5.97 Å². The second-order valence-corrected chi connectivity index (χ2v) is 5.83. The number of hydrogen-bond acceptors (Lipinski definition) is 3. The van der Waals surface area contributed by atoms with Crippen LogP contribution in [0.3, 0.4) is 0 Å². The van der Waals surface area contributed by atoms with E-state index in [1.54, 1.807) is 6.07 Å². The second-order valence-electron chi connectivity index (χ2n) is 5.83. The number of hydrogen-bond donors (Lipinski definition) is 1. The number of carboxylic acid groups (broad SMARTS) is 1. The van der Waals surface area contributed by atoms with Crippen molar-refractivity contribution in [1.29, 1.82) is 0 Å². The normalized spacial score (nSPS) is 11.3. The van der Waals surface area contributed by atoms with Gasteiger partial charge in [0.15, 0.2) is 0 Å². The molecule has 3 rings (SSSR count). The maximum atomic E-state index is 12.7. The topological polar surface area (TPSA) is 71.7 Å². The summed E-state index contributed by atoms with van der Waals surface area (Å²) in [5, 5.41) is 9.10. The summed E-state index contributed by atoms with van der Waals surface area (Å²) in [6.45, 7) is 3.91. The van der Waals surface area contributed by atoms with Crippen molar-refractivity contribution in [2.75, 3.05) is 0 Å². The van der Waals surface area contributed by atoms with Crippen LogP contribution in [0, 0.1) is 6.92 Å². The minimum Gasteiger partial charge on any atom is -0.478 e. The van der Waals surface area contributed by atoms with Gasteiger partial charge in [-0.1, -0.05) is 42.8 Å². The third-order valence-electron chi connectivity index (χ3n) is 4.06. The lowest BCUT2D eigenvalue weighted by atomic mass is 10.1. The van der Waals surface area contributed by atoms with Gasteiger partial charge >= 0.3 is 5.97 Å². The molecule has 0 atom stereocenters. The summed E-state index contributed by atoms with van der Waals surface area (Å²) in [4.78, 5) is 28.3. The number of fused-ring (bicyclic) bond motifs is 1. The van der Waals surface area contributed by atoms with E-state index in [1.165, 1.54) is 22.2 Å². The molecule has 0 unspecified atom stereocenters. The van der Waals surface area contributed by atoms with Gasteiger partial charge in [0, 0.05) is 11.8 Å². The number of benzene rings is 1. The molecular weight excluding hydrogens is 316 g/mol. The van der Waals surface area contributed by atoms with Crippen molar-refractivity contribution >= 4 is 23.8 Å². The Morgan fingerprint density at radius 3 is 2.52 bits per heavy atom. The largest absolute Gasteiger partial charge is 0.478 e. The Bertz CT molecular complexity index is 1030. The molecule has 5 nitrogen and oxygen atoms in total. The van der Waals surface area contributed by atoms with Crippen LogP contribution >= 0.6 is 0 Å². The fraction of sp³-hybridized carbons (Fsp3) is 0.150. The summed E-state index contributed by atoms with van der Waals surface area (Å²) in [7, 11) is 0. The predicted octanol–water partition coefficient (Wildman–Crippen LogP) is 3.43. The van der Waals surface area contributed by atoms with Crippen molar-refractivity contribution in [2.24, 2.45) is 0 Å². The first kappa shape index (κ1) is 16.6. The number of carbonyl (C=O) groups is 1. The molecule has 3 aromatic rings. The molecule has 0 saturated heterocycles. The second kappa shape index (κ2) is 6.73. The van der Waals surface area contributed by atoms with E-state index in [2.05, 4.69) is 4.98 Å². The van der Waals surface area contributed by atoms with E-state index in [0.29, 0.717) is 23.3 Å². The number of rotatable bonds is 4. The lowest BCUT2D eigenvalue weighted by molar-refractivity contribution is 0.0696. The van der Waals surface area contributed by atoms with Gasteiger partial charge in [-0.2, -0.15) is 0 Å². The van der Waals surface area contributed by atoms with Gasteiger partial charge in [-0.3, -0.25) is 9.20 Å². The summed E-state index contributed by atoms with van der Waals surface area (Å²) in [6.07, 6.45) is 5.58. The van der Waals surface area contributed by atoms with Crippen LogP contribution in [0.4, 0.5) is 0 Å². The first-order valence-corrected chi connectivity index (χ1v) is 8.03. The van der Waals surface area contributed by atoms with Gasteiger partial charge < -0.3 is 5.11 Å². The number of aromatic carboxylic acids is 1. The molecule has 2 heterocycles. The van der Waals surface area contributed by atoms with Crippen molar-refractivity contribution in [2.45, 2.75) is 20.3 Å². The summed E-state index contributed by atoms with van der Waals surface area (Å²) in [5.41, 5.74) is 3.62. The minimum atomic E-state index is -1.07. The van der Waals surface area contributed by atoms with E-state index >= 15 is 0 Å². The van der Waals surface area contributed by atoms with Gasteiger partial charge in [0.25, 0.3) is 5.56 Å². The average molecular weight is 334 g/mol. The molecule has 5 heteroatoms. The summed E-state index contributed by atoms with van der Waals surface area (Å²) < 4.78 is 1.30. The van der Waals surface area contributed by atoms with E-state index in [-0.39, 0.29) is 11.1 Å². The van der Waals surface area contributed by atoms with Crippen LogP contribution in [0.5, 0.6) is 0 Å². The molecule has 0 fully saturated rings. The van der Waals surface area contributed by atoms with Crippen LogP contribution in [0.2, 0.25) is 0 Å². The molecule has 0 aliphatic rings. The maximum Gasteiger partial charge on any atom is 0.337 e. The number of pyridine rings is 1. The van der Waals surface area contributed by atoms with Crippen LogP contribution in [0.1, 0.15) is 39.7 Å². The molecule has 0 aliphatic carbocycles. The van der Waals surface area contributed by atoms with Crippen molar-refractivity contribution in [3.63, 3.8) is 0 Å². The molecule has 0 aliphatic heterocycles. The van der Waals surface area contributed by atoms with Gasteiger partial charge in [0.2, 0.25) is 0 Å². The monoisotopic (exact) mass is 334 g/mol. The van der Waals surface area contributed by atoms with Crippen molar-refractivity contribution < 1.29 is 9.90 Å². The SMILES string of the molecule is CCc1c(/C=C/c2ccc(C)cc2)nc2ccc(C(=O)O)cn2c1=O. The number of aromatic nitrogens is 2. The molecule has 25 heavy (non-hydrogen) atoms. The quantitative estimate of drug-likeness (QED) is 0.793.